The second-order valence-corrected chi connectivity index (χ2v) is 12.1. The molecule has 0 saturated heterocycles. The van der Waals surface area contributed by atoms with Crippen molar-refractivity contribution in [2.45, 2.75) is 57.6 Å². The SMILES string of the molecule is CC[C@@H](C)NC(=O)[C@H](C)N(Cc1ccc(Br)cc1)C(=O)CN(c1cccc(C)c1)S(=O)(=O)c1ccccc1. The van der Waals surface area contributed by atoms with E-state index in [-0.39, 0.29) is 23.4 Å². The minimum absolute atomic E-state index is 0.0585. The summed E-state index contributed by atoms with van der Waals surface area (Å²) >= 11 is 3.42. The van der Waals surface area contributed by atoms with Gasteiger partial charge in [0, 0.05) is 17.1 Å². The van der Waals surface area contributed by atoms with Crippen molar-refractivity contribution >= 4 is 43.5 Å². The summed E-state index contributed by atoms with van der Waals surface area (Å²) in [6.07, 6.45) is 0.746. The fourth-order valence-corrected chi connectivity index (χ4v) is 5.56. The number of rotatable bonds is 11. The summed E-state index contributed by atoms with van der Waals surface area (Å²) in [6.45, 7) is 7.08. The number of sulfonamides is 1. The van der Waals surface area contributed by atoms with E-state index in [4.69, 9.17) is 0 Å². The van der Waals surface area contributed by atoms with Gasteiger partial charge in [0.2, 0.25) is 11.8 Å². The number of nitrogens with one attached hydrogen (secondary N) is 1. The van der Waals surface area contributed by atoms with Crippen molar-refractivity contribution in [2.24, 2.45) is 0 Å². The topological polar surface area (TPSA) is 86.8 Å². The van der Waals surface area contributed by atoms with Gasteiger partial charge in [-0.1, -0.05) is 65.3 Å². The molecule has 0 aliphatic carbocycles. The number of amides is 2. The number of aryl methyl sites for hydroxylation is 1. The fraction of sp³-hybridized carbons (Fsp3) is 0.310. The first-order chi connectivity index (χ1) is 18.0. The highest BCUT2D eigenvalue weighted by Gasteiger charge is 2.32. The fourth-order valence-electron chi connectivity index (χ4n) is 3.87. The number of hydrogen-bond acceptors (Lipinski definition) is 4. The first-order valence-electron chi connectivity index (χ1n) is 12.5. The van der Waals surface area contributed by atoms with Crippen LogP contribution in [0.25, 0.3) is 0 Å². The molecule has 3 aromatic rings. The second kappa shape index (κ2) is 13.1. The van der Waals surface area contributed by atoms with Crippen LogP contribution in [0.3, 0.4) is 0 Å². The Morgan fingerprint density at radius 1 is 0.947 bits per heavy atom. The average Bonchev–Trinajstić information content (AvgIpc) is 2.91. The maximum absolute atomic E-state index is 13.9. The molecule has 0 saturated carbocycles. The van der Waals surface area contributed by atoms with E-state index in [1.165, 1.54) is 17.0 Å². The van der Waals surface area contributed by atoms with Crippen LogP contribution in [-0.2, 0) is 26.2 Å². The maximum atomic E-state index is 13.9. The lowest BCUT2D eigenvalue weighted by Crippen LogP contribution is -2.52. The Balaban J connectivity index is 2.01. The lowest BCUT2D eigenvalue weighted by atomic mass is 10.1. The lowest BCUT2D eigenvalue weighted by Gasteiger charge is -2.32. The summed E-state index contributed by atoms with van der Waals surface area (Å²) in [6, 6.07) is 21.6. The van der Waals surface area contributed by atoms with Crippen LogP contribution in [0.1, 0.15) is 38.3 Å². The molecule has 0 heterocycles. The van der Waals surface area contributed by atoms with Gasteiger partial charge in [-0.05, 0) is 74.7 Å². The molecule has 3 aromatic carbocycles. The van der Waals surface area contributed by atoms with Crippen LogP contribution in [0, 0.1) is 6.92 Å². The summed E-state index contributed by atoms with van der Waals surface area (Å²) in [7, 11) is -4.07. The molecule has 9 heteroatoms. The lowest BCUT2D eigenvalue weighted by molar-refractivity contribution is -0.139. The zero-order valence-electron chi connectivity index (χ0n) is 22.1. The second-order valence-electron chi connectivity index (χ2n) is 9.31. The van der Waals surface area contributed by atoms with E-state index in [0.29, 0.717) is 5.69 Å². The molecule has 202 valence electrons. The minimum Gasteiger partial charge on any atom is -0.352 e. The monoisotopic (exact) mass is 599 g/mol. The standard InChI is InChI=1S/C29H34BrN3O4S/c1-5-22(3)31-29(35)23(4)32(19-24-14-16-25(30)17-15-24)28(34)20-33(26-11-9-10-21(2)18-26)38(36,37)27-12-7-6-8-13-27/h6-18,22-23H,5,19-20H2,1-4H3,(H,31,35)/t22-,23+/m1/s1. The molecule has 38 heavy (non-hydrogen) atoms. The van der Waals surface area contributed by atoms with Crippen molar-refractivity contribution in [1.29, 1.82) is 0 Å². The van der Waals surface area contributed by atoms with E-state index in [2.05, 4.69) is 21.2 Å². The van der Waals surface area contributed by atoms with Crippen LogP contribution < -0.4 is 9.62 Å². The van der Waals surface area contributed by atoms with Crippen LogP contribution in [0.5, 0.6) is 0 Å². The van der Waals surface area contributed by atoms with Crippen LogP contribution >= 0.6 is 15.9 Å². The Labute approximate surface area is 234 Å². The Morgan fingerprint density at radius 2 is 1.61 bits per heavy atom. The van der Waals surface area contributed by atoms with Crippen LogP contribution in [0.2, 0.25) is 0 Å². The van der Waals surface area contributed by atoms with Gasteiger partial charge in [-0.3, -0.25) is 13.9 Å². The highest BCUT2D eigenvalue weighted by atomic mass is 79.9. The van der Waals surface area contributed by atoms with E-state index in [1.54, 1.807) is 43.3 Å². The largest absolute Gasteiger partial charge is 0.352 e. The molecule has 0 fully saturated rings. The van der Waals surface area contributed by atoms with Crippen molar-refractivity contribution in [1.82, 2.24) is 10.2 Å². The van der Waals surface area contributed by atoms with Crippen LogP contribution in [0.4, 0.5) is 5.69 Å². The van der Waals surface area contributed by atoms with Crippen molar-refractivity contribution < 1.29 is 18.0 Å². The number of carbonyl (C=O) groups excluding carboxylic acids is 2. The van der Waals surface area contributed by atoms with Gasteiger partial charge in [-0.25, -0.2) is 8.42 Å². The molecule has 7 nitrogen and oxygen atoms in total. The highest BCUT2D eigenvalue weighted by molar-refractivity contribution is 9.10. The minimum atomic E-state index is -4.07. The van der Waals surface area contributed by atoms with Crippen molar-refractivity contribution in [3.63, 3.8) is 0 Å². The molecule has 2 amide bonds. The molecule has 2 atom stereocenters. The molecule has 0 aliphatic rings. The Morgan fingerprint density at radius 3 is 2.21 bits per heavy atom. The van der Waals surface area contributed by atoms with Crippen molar-refractivity contribution in [3.8, 4) is 0 Å². The number of benzene rings is 3. The predicted molar refractivity (Wildman–Crippen MR) is 154 cm³/mol. The summed E-state index contributed by atoms with van der Waals surface area (Å²) < 4.78 is 29.5. The number of nitrogens with zero attached hydrogens (tertiary/aromatic N) is 2. The quantitative estimate of drug-likeness (QED) is 0.324. The number of hydrogen-bond donors (Lipinski definition) is 1. The van der Waals surface area contributed by atoms with E-state index in [9.17, 15) is 18.0 Å². The first kappa shape index (κ1) is 29.4. The van der Waals surface area contributed by atoms with E-state index in [1.807, 2.05) is 51.1 Å². The maximum Gasteiger partial charge on any atom is 0.264 e. The molecule has 0 unspecified atom stereocenters. The molecule has 1 N–H and O–H groups in total. The average molecular weight is 601 g/mol. The summed E-state index contributed by atoms with van der Waals surface area (Å²) in [5, 5.41) is 2.94. The van der Waals surface area contributed by atoms with Gasteiger partial charge in [-0.15, -0.1) is 0 Å². The summed E-state index contributed by atoms with van der Waals surface area (Å²) in [4.78, 5) is 28.5. The van der Waals surface area contributed by atoms with Gasteiger partial charge in [0.1, 0.15) is 12.6 Å². The predicted octanol–water partition coefficient (Wildman–Crippen LogP) is 5.28. The molecule has 0 aliphatic heterocycles. The zero-order valence-corrected chi connectivity index (χ0v) is 24.5. The Hall–Kier alpha value is -3.17. The van der Waals surface area contributed by atoms with Gasteiger partial charge < -0.3 is 10.2 Å². The smallest absolute Gasteiger partial charge is 0.264 e. The molecule has 3 rings (SSSR count). The van der Waals surface area contributed by atoms with Gasteiger partial charge in [0.25, 0.3) is 10.0 Å². The molecular formula is C29H34BrN3O4S. The third kappa shape index (κ3) is 7.45. The molecule has 0 spiro atoms. The van der Waals surface area contributed by atoms with Crippen LogP contribution in [-0.4, -0.2) is 43.8 Å². The number of anilines is 1. The van der Waals surface area contributed by atoms with Crippen molar-refractivity contribution in [2.75, 3.05) is 10.8 Å². The Bertz CT molecular complexity index is 1350. The number of halogens is 1. The third-order valence-corrected chi connectivity index (χ3v) is 8.65. The van der Waals surface area contributed by atoms with Gasteiger partial charge in [0.05, 0.1) is 10.6 Å². The molecular weight excluding hydrogens is 566 g/mol. The van der Waals surface area contributed by atoms with E-state index >= 15 is 0 Å². The molecule has 0 bridgehead atoms. The summed E-state index contributed by atoms with van der Waals surface area (Å²) in [5.74, 6) is -0.779. The van der Waals surface area contributed by atoms with Gasteiger partial charge in [0.15, 0.2) is 0 Å². The van der Waals surface area contributed by atoms with E-state index in [0.717, 1.165) is 26.3 Å². The zero-order chi connectivity index (χ0) is 27.9. The molecule has 0 aromatic heterocycles. The highest BCUT2D eigenvalue weighted by Crippen LogP contribution is 2.25. The Kier molecular flexibility index (Phi) is 10.1. The van der Waals surface area contributed by atoms with Crippen LogP contribution in [0.15, 0.2) is 88.2 Å². The van der Waals surface area contributed by atoms with Gasteiger partial charge >= 0.3 is 0 Å². The first-order valence-corrected chi connectivity index (χ1v) is 14.7. The summed E-state index contributed by atoms with van der Waals surface area (Å²) in [5.41, 5.74) is 2.05. The van der Waals surface area contributed by atoms with Crippen molar-refractivity contribution in [3.05, 3.63) is 94.5 Å². The molecule has 0 radical (unpaired) electrons. The number of carbonyl (C=O) groups is 2. The van der Waals surface area contributed by atoms with Gasteiger partial charge in [-0.2, -0.15) is 0 Å². The third-order valence-electron chi connectivity index (χ3n) is 6.33. The normalized spacial score (nSPS) is 12.9. The van der Waals surface area contributed by atoms with E-state index < -0.39 is 28.5 Å².